The summed E-state index contributed by atoms with van der Waals surface area (Å²) in [6.07, 6.45) is 5.29. The second-order valence-electron chi connectivity index (χ2n) is 4.66. The summed E-state index contributed by atoms with van der Waals surface area (Å²) < 4.78 is 2.04. The predicted molar refractivity (Wildman–Crippen MR) is 81.6 cm³/mol. The van der Waals surface area contributed by atoms with Gasteiger partial charge in [-0.3, -0.25) is 0 Å². The first-order valence-electron chi connectivity index (χ1n) is 6.95. The van der Waals surface area contributed by atoms with E-state index in [-0.39, 0.29) is 0 Å². The monoisotopic (exact) mass is 297 g/mol. The number of aromatic amines is 2. The first-order chi connectivity index (χ1) is 10.8. The highest BCUT2D eigenvalue weighted by Gasteiger charge is 2.18. The molecule has 8 nitrogen and oxygen atoms in total. The standard InChI is InChI=1S/C14H16N8/c1-3-22(14-15-8-9-21(14)2)12-6-4-11(5-7-12)18-20-13-16-10-17-19-13/h4-10H,3H2,1-2H3,(H,16,17,18,19)/p+1. The number of hydrogen-bond donors (Lipinski definition) is 2. The lowest BCUT2D eigenvalue weighted by atomic mass is 10.2. The highest BCUT2D eigenvalue weighted by atomic mass is 15.3. The summed E-state index contributed by atoms with van der Waals surface area (Å²) in [7, 11) is 2.01. The molecule has 3 aromatic rings. The minimum atomic E-state index is 0.387. The van der Waals surface area contributed by atoms with E-state index in [9.17, 15) is 0 Å². The van der Waals surface area contributed by atoms with E-state index in [4.69, 9.17) is 0 Å². The molecule has 8 heteroatoms. The van der Waals surface area contributed by atoms with Crippen molar-refractivity contribution in [1.82, 2.24) is 20.2 Å². The van der Waals surface area contributed by atoms with Gasteiger partial charge in [0.1, 0.15) is 12.0 Å². The van der Waals surface area contributed by atoms with Gasteiger partial charge >= 0.3 is 5.95 Å². The van der Waals surface area contributed by atoms with Crippen LogP contribution in [-0.4, -0.2) is 26.7 Å². The molecule has 2 aromatic heterocycles. The van der Waals surface area contributed by atoms with Crippen LogP contribution in [0.2, 0.25) is 0 Å². The lowest BCUT2D eigenvalue weighted by Crippen LogP contribution is -2.34. The van der Waals surface area contributed by atoms with Gasteiger partial charge in [-0.25, -0.2) is 19.5 Å². The molecule has 2 heterocycles. The van der Waals surface area contributed by atoms with E-state index in [1.54, 1.807) is 0 Å². The van der Waals surface area contributed by atoms with Crippen molar-refractivity contribution < 1.29 is 4.57 Å². The number of H-pyrrole nitrogens is 2. The molecule has 0 saturated heterocycles. The lowest BCUT2D eigenvalue weighted by Gasteiger charge is -2.15. The summed E-state index contributed by atoms with van der Waals surface area (Å²) in [5.41, 5.74) is 1.84. The Balaban J connectivity index is 1.80. The number of hydrogen-bond acceptors (Lipinski definition) is 5. The van der Waals surface area contributed by atoms with E-state index in [0.717, 1.165) is 23.9 Å². The number of azo groups is 1. The fourth-order valence-corrected chi connectivity index (χ4v) is 2.17. The first-order valence-corrected chi connectivity index (χ1v) is 6.95. The van der Waals surface area contributed by atoms with Crippen LogP contribution < -0.4 is 9.47 Å². The van der Waals surface area contributed by atoms with Gasteiger partial charge < -0.3 is 0 Å². The molecule has 0 aliphatic rings. The number of imidazole rings is 1. The largest absolute Gasteiger partial charge is 0.362 e. The Morgan fingerprint density at radius 3 is 2.64 bits per heavy atom. The Bertz CT molecular complexity index is 742. The Kier molecular flexibility index (Phi) is 3.90. The molecule has 0 aliphatic heterocycles. The molecule has 0 amide bonds. The van der Waals surface area contributed by atoms with Crippen molar-refractivity contribution in [2.24, 2.45) is 17.3 Å². The number of nitrogens with one attached hydrogen (secondary N) is 2. The molecule has 0 unspecified atom stereocenters. The van der Waals surface area contributed by atoms with Gasteiger partial charge in [-0.2, -0.15) is 10.1 Å². The van der Waals surface area contributed by atoms with Gasteiger partial charge in [-0.1, -0.05) is 0 Å². The normalized spacial score (nSPS) is 11.2. The topological polar surface area (TPSA) is 89.2 Å². The van der Waals surface area contributed by atoms with Gasteiger partial charge in [-0.05, 0) is 31.2 Å². The zero-order valence-corrected chi connectivity index (χ0v) is 12.4. The molecule has 0 saturated carbocycles. The van der Waals surface area contributed by atoms with Crippen LogP contribution in [0.4, 0.5) is 23.3 Å². The molecule has 0 atom stereocenters. The van der Waals surface area contributed by atoms with Crippen LogP contribution in [0.25, 0.3) is 0 Å². The second-order valence-corrected chi connectivity index (χ2v) is 4.66. The number of rotatable bonds is 5. The number of anilines is 2. The molecule has 0 radical (unpaired) electrons. The molecule has 2 N–H and O–H groups in total. The third kappa shape index (κ3) is 2.85. The minimum absolute atomic E-state index is 0.387. The third-order valence-corrected chi connectivity index (χ3v) is 3.24. The van der Waals surface area contributed by atoms with Crippen LogP contribution in [0.3, 0.4) is 0 Å². The maximum Gasteiger partial charge on any atom is 0.362 e. The van der Waals surface area contributed by atoms with Crippen LogP contribution in [-0.2, 0) is 7.05 Å². The fourth-order valence-electron chi connectivity index (χ4n) is 2.17. The fraction of sp³-hybridized carbons (Fsp3) is 0.214. The van der Waals surface area contributed by atoms with Crippen molar-refractivity contribution in [2.45, 2.75) is 6.92 Å². The number of aromatic nitrogens is 5. The van der Waals surface area contributed by atoms with Crippen molar-refractivity contribution in [3.8, 4) is 0 Å². The zero-order chi connectivity index (χ0) is 15.4. The summed E-state index contributed by atoms with van der Waals surface area (Å²) in [5.74, 6) is 1.41. The second kappa shape index (κ2) is 6.17. The van der Waals surface area contributed by atoms with E-state index in [1.165, 1.54) is 6.33 Å². The number of aryl methyl sites for hydroxylation is 1. The van der Waals surface area contributed by atoms with Crippen molar-refractivity contribution in [3.05, 3.63) is 43.0 Å². The summed E-state index contributed by atoms with van der Waals surface area (Å²) in [5, 5.41) is 14.4. The van der Waals surface area contributed by atoms with Crippen molar-refractivity contribution in [1.29, 1.82) is 0 Å². The molecule has 22 heavy (non-hydrogen) atoms. The van der Waals surface area contributed by atoms with Gasteiger partial charge in [0.25, 0.3) is 5.95 Å². The maximum absolute atomic E-state index is 4.11. The Morgan fingerprint density at radius 2 is 2.05 bits per heavy atom. The van der Waals surface area contributed by atoms with Crippen LogP contribution >= 0.6 is 0 Å². The van der Waals surface area contributed by atoms with Gasteiger partial charge in [0.15, 0.2) is 0 Å². The molecule has 0 fully saturated rings. The van der Waals surface area contributed by atoms with Gasteiger partial charge in [0.05, 0.1) is 31.7 Å². The van der Waals surface area contributed by atoms with E-state index in [1.807, 2.05) is 48.3 Å². The molecular weight excluding hydrogens is 280 g/mol. The van der Waals surface area contributed by atoms with Crippen LogP contribution in [0.1, 0.15) is 6.92 Å². The lowest BCUT2D eigenvalue weighted by molar-refractivity contribution is -0.657. The molecule has 0 bridgehead atoms. The highest BCUT2D eigenvalue weighted by molar-refractivity contribution is 5.58. The van der Waals surface area contributed by atoms with Crippen LogP contribution in [0.15, 0.2) is 53.2 Å². The van der Waals surface area contributed by atoms with Gasteiger partial charge in [0.2, 0.25) is 0 Å². The third-order valence-electron chi connectivity index (χ3n) is 3.24. The van der Waals surface area contributed by atoms with Gasteiger partial charge in [-0.15, -0.1) is 10.2 Å². The average molecular weight is 297 g/mol. The van der Waals surface area contributed by atoms with E-state index in [0.29, 0.717) is 5.95 Å². The molecule has 0 aliphatic carbocycles. The maximum atomic E-state index is 4.11. The highest BCUT2D eigenvalue weighted by Crippen LogP contribution is 2.24. The number of nitrogens with zero attached hydrogens (tertiary/aromatic N) is 6. The molecule has 112 valence electrons. The summed E-state index contributed by atoms with van der Waals surface area (Å²) in [4.78, 5) is 9.31. The SMILES string of the molecule is CCN(c1ccc(N=Nc2ncn[nH]2)cc1)c1[nH]cc[n+]1C. The van der Waals surface area contributed by atoms with Gasteiger partial charge in [0, 0.05) is 0 Å². The summed E-state index contributed by atoms with van der Waals surface area (Å²) in [6, 6.07) is 7.86. The van der Waals surface area contributed by atoms with Crippen LogP contribution in [0, 0.1) is 0 Å². The van der Waals surface area contributed by atoms with E-state index < -0.39 is 0 Å². The van der Waals surface area contributed by atoms with E-state index in [2.05, 4.69) is 42.2 Å². The molecule has 3 rings (SSSR count). The van der Waals surface area contributed by atoms with E-state index >= 15 is 0 Å². The average Bonchev–Trinajstić information content (AvgIpc) is 3.20. The Hall–Kier alpha value is -3.03. The number of benzene rings is 1. The van der Waals surface area contributed by atoms with Crippen molar-refractivity contribution in [2.75, 3.05) is 11.4 Å². The smallest absolute Gasteiger partial charge is 0.248 e. The summed E-state index contributed by atoms with van der Waals surface area (Å²) in [6.45, 7) is 2.96. The Morgan fingerprint density at radius 1 is 1.23 bits per heavy atom. The van der Waals surface area contributed by atoms with Crippen molar-refractivity contribution in [3.63, 3.8) is 0 Å². The molecular formula is C14H17N8+. The molecule has 1 aromatic carbocycles. The minimum Gasteiger partial charge on any atom is -0.248 e. The predicted octanol–water partition coefficient (Wildman–Crippen LogP) is 2.53. The molecule has 0 spiro atoms. The quantitative estimate of drug-likeness (QED) is 0.560. The zero-order valence-electron chi connectivity index (χ0n) is 12.4. The first kappa shape index (κ1) is 13.9. The Labute approximate surface area is 127 Å². The van der Waals surface area contributed by atoms with Crippen LogP contribution in [0.5, 0.6) is 0 Å². The van der Waals surface area contributed by atoms with Crippen molar-refractivity contribution >= 4 is 23.3 Å². The summed E-state index contributed by atoms with van der Waals surface area (Å²) >= 11 is 0.